The summed E-state index contributed by atoms with van der Waals surface area (Å²) in [6.45, 7) is 1.53. The third-order valence-corrected chi connectivity index (χ3v) is 4.29. The first-order valence-corrected chi connectivity index (χ1v) is 8.55. The number of amides is 1. The molecule has 1 unspecified atom stereocenters. The number of aromatic nitrogens is 2. The number of carboxylic acid groups (broad SMARTS) is 1. The number of hydrogen-bond donors (Lipinski definition) is 2. The number of aromatic amines is 1. The third kappa shape index (κ3) is 4.89. The number of likely N-dealkylation sites (N-methyl/N-ethyl adjacent to an activating group) is 1. The Bertz CT molecular complexity index is 808. The van der Waals surface area contributed by atoms with Gasteiger partial charge in [-0.2, -0.15) is 5.10 Å². The van der Waals surface area contributed by atoms with E-state index in [1.54, 1.807) is 35.0 Å². The van der Waals surface area contributed by atoms with Gasteiger partial charge in [0.15, 0.2) is 0 Å². The zero-order chi connectivity index (χ0) is 19.4. The monoisotopic (exact) mass is 376 g/mol. The number of halogens is 1. The summed E-state index contributed by atoms with van der Waals surface area (Å²) >= 11 is 0. The van der Waals surface area contributed by atoms with Crippen LogP contribution in [0.15, 0.2) is 30.3 Å². The Balaban J connectivity index is 1.63. The molecule has 1 fully saturated rings. The Labute approximate surface area is 155 Å². The van der Waals surface area contributed by atoms with Gasteiger partial charge in [-0.05, 0) is 37.4 Å². The van der Waals surface area contributed by atoms with Gasteiger partial charge >= 0.3 is 5.97 Å². The number of ether oxygens (including phenoxy) is 1. The van der Waals surface area contributed by atoms with Gasteiger partial charge in [0.25, 0.3) is 5.91 Å². The van der Waals surface area contributed by atoms with E-state index in [1.807, 2.05) is 0 Å². The molecule has 27 heavy (non-hydrogen) atoms. The summed E-state index contributed by atoms with van der Waals surface area (Å²) in [5.41, 5.74) is 1.61. The van der Waals surface area contributed by atoms with Crippen molar-refractivity contribution >= 4 is 11.9 Å². The molecule has 1 aromatic carbocycles. The van der Waals surface area contributed by atoms with Crippen LogP contribution in [-0.2, 0) is 9.53 Å². The molecule has 1 aliphatic heterocycles. The lowest BCUT2D eigenvalue weighted by Gasteiger charge is -2.34. The Morgan fingerprint density at radius 3 is 2.85 bits per heavy atom. The average Bonchev–Trinajstić information content (AvgIpc) is 3.11. The number of benzene rings is 1. The highest BCUT2D eigenvalue weighted by Gasteiger charge is 2.27. The second-order valence-corrected chi connectivity index (χ2v) is 6.51. The number of aliphatic carboxylic acids is 1. The third-order valence-electron chi connectivity index (χ3n) is 4.29. The molecular weight excluding hydrogens is 355 g/mol. The first-order valence-electron chi connectivity index (χ1n) is 8.55. The van der Waals surface area contributed by atoms with Crippen LogP contribution < -0.4 is 0 Å². The summed E-state index contributed by atoms with van der Waals surface area (Å²) in [6.07, 6.45) is -0.258. The van der Waals surface area contributed by atoms with Crippen molar-refractivity contribution in [3.63, 3.8) is 0 Å². The van der Waals surface area contributed by atoms with E-state index in [0.29, 0.717) is 43.2 Å². The summed E-state index contributed by atoms with van der Waals surface area (Å²) in [5.74, 6) is -1.45. The van der Waals surface area contributed by atoms with Gasteiger partial charge in [-0.15, -0.1) is 0 Å². The van der Waals surface area contributed by atoms with Gasteiger partial charge < -0.3 is 14.7 Å². The predicted molar refractivity (Wildman–Crippen MR) is 94.8 cm³/mol. The van der Waals surface area contributed by atoms with Crippen molar-refractivity contribution in [3.05, 3.63) is 41.8 Å². The molecule has 1 atom stereocenters. The largest absolute Gasteiger partial charge is 0.480 e. The van der Waals surface area contributed by atoms with E-state index in [9.17, 15) is 14.0 Å². The molecule has 0 radical (unpaired) electrons. The molecular formula is C18H21FN4O4. The van der Waals surface area contributed by atoms with E-state index < -0.39 is 5.97 Å². The van der Waals surface area contributed by atoms with Crippen molar-refractivity contribution < 1.29 is 23.8 Å². The molecule has 0 saturated carbocycles. The highest BCUT2D eigenvalue weighted by Crippen LogP contribution is 2.19. The molecule has 0 spiro atoms. The van der Waals surface area contributed by atoms with Crippen molar-refractivity contribution in [2.45, 2.75) is 6.10 Å². The van der Waals surface area contributed by atoms with Gasteiger partial charge in [0, 0.05) is 25.2 Å². The number of nitrogens with one attached hydrogen (secondary N) is 1. The molecule has 3 rings (SSSR count). The van der Waals surface area contributed by atoms with Gasteiger partial charge in [0.1, 0.15) is 11.5 Å². The fourth-order valence-electron chi connectivity index (χ4n) is 3.03. The molecule has 2 N–H and O–H groups in total. The minimum atomic E-state index is -0.910. The lowest BCUT2D eigenvalue weighted by atomic mass is 10.1. The Morgan fingerprint density at radius 1 is 1.41 bits per heavy atom. The predicted octanol–water partition coefficient (Wildman–Crippen LogP) is 1.07. The smallest absolute Gasteiger partial charge is 0.317 e. The summed E-state index contributed by atoms with van der Waals surface area (Å²) in [6, 6.07) is 7.51. The van der Waals surface area contributed by atoms with Crippen LogP contribution in [-0.4, -0.2) is 82.9 Å². The number of carboxylic acids is 1. The van der Waals surface area contributed by atoms with Crippen molar-refractivity contribution in [2.75, 3.05) is 39.8 Å². The number of carbonyl (C=O) groups is 2. The van der Waals surface area contributed by atoms with Crippen LogP contribution in [0.25, 0.3) is 11.3 Å². The van der Waals surface area contributed by atoms with Gasteiger partial charge in [0.05, 0.1) is 24.9 Å². The lowest BCUT2D eigenvalue weighted by Crippen LogP contribution is -2.49. The maximum Gasteiger partial charge on any atom is 0.317 e. The summed E-state index contributed by atoms with van der Waals surface area (Å²) in [7, 11) is 1.70. The molecule has 1 aromatic heterocycles. The second kappa shape index (κ2) is 8.28. The molecule has 1 saturated heterocycles. The quantitative estimate of drug-likeness (QED) is 0.783. The van der Waals surface area contributed by atoms with Gasteiger partial charge in [-0.3, -0.25) is 19.6 Å². The van der Waals surface area contributed by atoms with Crippen LogP contribution >= 0.6 is 0 Å². The van der Waals surface area contributed by atoms with Crippen LogP contribution in [0.5, 0.6) is 0 Å². The Hall–Kier alpha value is -2.78. The number of H-pyrrole nitrogens is 1. The standard InChI is InChI=1S/C18H21FN4O4/c1-22(11-17(24)25)9-14-10-23(6-7-27-14)18(26)16-8-15(20-21-16)12-2-4-13(19)5-3-12/h2-5,8,14H,6-7,9-11H2,1H3,(H,20,21)(H,24,25). The van der Waals surface area contributed by atoms with Crippen molar-refractivity contribution in [2.24, 2.45) is 0 Å². The Morgan fingerprint density at radius 2 is 2.15 bits per heavy atom. The minimum Gasteiger partial charge on any atom is -0.480 e. The van der Waals surface area contributed by atoms with E-state index in [2.05, 4.69) is 10.2 Å². The fourth-order valence-corrected chi connectivity index (χ4v) is 3.03. The number of rotatable bonds is 6. The highest BCUT2D eigenvalue weighted by molar-refractivity contribution is 5.93. The summed E-state index contributed by atoms with van der Waals surface area (Å²) in [4.78, 5) is 26.8. The maximum atomic E-state index is 13.0. The lowest BCUT2D eigenvalue weighted by molar-refractivity contribution is -0.138. The van der Waals surface area contributed by atoms with Crippen LogP contribution in [0, 0.1) is 5.82 Å². The number of carbonyl (C=O) groups excluding carboxylic acids is 1. The summed E-state index contributed by atoms with van der Waals surface area (Å²) in [5, 5.41) is 15.7. The van der Waals surface area contributed by atoms with Gasteiger partial charge in [0.2, 0.25) is 0 Å². The van der Waals surface area contributed by atoms with Gasteiger partial charge in [-0.1, -0.05) is 0 Å². The average molecular weight is 376 g/mol. The number of morpholine rings is 1. The second-order valence-electron chi connectivity index (χ2n) is 6.51. The topological polar surface area (TPSA) is 98.8 Å². The van der Waals surface area contributed by atoms with E-state index >= 15 is 0 Å². The fraction of sp³-hybridized carbons (Fsp3) is 0.389. The molecule has 144 valence electrons. The highest BCUT2D eigenvalue weighted by atomic mass is 19.1. The molecule has 1 amide bonds. The number of nitrogens with zero attached hydrogens (tertiary/aromatic N) is 3. The van der Waals surface area contributed by atoms with Gasteiger partial charge in [-0.25, -0.2) is 4.39 Å². The zero-order valence-corrected chi connectivity index (χ0v) is 14.9. The molecule has 2 heterocycles. The first-order chi connectivity index (χ1) is 12.9. The van der Waals surface area contributed by atoms with Crippen LogP contribution in [0.2, 0.25) is 0 Å². The molecule has 0 bridgehead atoms. The molecule has 0 aliphatic carbocycles. The van der Waals surface area contributed by atoms with Crippen LogP contribution in [0.3, 0.4) is 0 Å². The van der Waals surface area contributed by atoms with E-state index in [-0.39, 0.29) is 24.4 Å². The summed E-state index contributed by atoms with van der Waals surface area (Å²) < 4.78 is 18.7. The SMILES string of the molecule is CN(CC(=O)O)CC1CN(C(=O)c2cc(-c3ccc(F)cc3)n[nH]2)CCO1. The molecule has 9 heteroatoms. The van der Waals surface area contributed by atoms with Crippen molar-refractivity contribution in [1.29, 1.82) is 0 Å². The number of hydrogen-bond acceptors (Lipinski definition) is 5. The normalized spacial score (nSPS) is 17.3. The first kappa shape index (κ1) is 19.0. The van der Waals surface area contributed by atoms with Crippen molar-refractivity contribution in [1.82, 2.24) is 20.0 Å². The Kier molecular flexibility index (Phi) is 5.82. The zero-order valence-electron chi connectivity index (χ0n) is 14.9. The van der Waals surface area contributed by atoms with Crippen molar-refractivity contribution in [3.8, 4) is 11.3 Å². The van der Waals surface area contributed by atoms with Crippen LogP contribution in [0.4, 0.5) is 4.39 Å². The maximum absolute atomic E-state index is 13.0. The van der Waals surface area contributed by atoms with E-state index in [0.717, 1.165) is 0 Å². The minimum absolute atomic E-state index is 0.0879. The van der Waals surface area contributed by atoms with E-state index in [4.69, 9.17) is 9.84 Å². The van der Waals surface area contributed by atoms with Crippen LogP contribution in [0.1, 0.15) is 10.5 Å². The molecule has 8 nitrogen and oxygen atoms in total. The molecule has 2 aromatic rings. The van der Waals surface area contributed by atoms with E-state index in [1.165, 1.54) is 12.1 Å². The molecule has 1 aliphatic rings.